The first-order chi connectivity index (χ1) is 18.7. The normalized spacial score (nSPS) is 18.1. The fraction of sp³-hybridized carbons (Fsp3) is 0.367. The van der Waals surface area contributed by atoms with Crippen LogP contribution in [-0.4, -0.2) is 82.9 Å². The van der Waals surface area contributed by atoms with E-state index < -0.39 is 5.97 Å². The SMILES string of the molecule is COc1cccc(-c2cnc3c(c2)C(=O)N([C@H](C)CO)C[C@@H](C)[C@@H](CN(C)Cc2ccc(C(=O)O)cc2)O3)c1. The third-order valence-corrected chi connectivity index (χ3v) is 7.07. The molecule has 4 rings (SSSR count). The third kappa shape index (κ3) is 6.55. The summed E-state index contributed by atoms with van der Waals surface area (Å²) in [5.74, 6) is -0.276. The van der Waals surface area contributed by atoms with Crippen LogP contribution in [0.3, 0.4) is 0 Å². The van der Waals surface area contributed by atoms with Crippen molar-refractivity contribution in [3.05, 3.63) is 77.5 Å². The number of aromatic carboxylic acids is 1. The molecular formula is C30H35N3O6. The average molecular weight is 534 g/mol. The summed E-state index contributed by atoms with van der Waals surface area (Å²) in [5, 5.41) is 19.1. The zero-order valence-corrected chi connectivity index (χ0v) is 22.7. The number of aliphatic hydroxyl groups is 1. The molecule has 206 valence electrons. The summed E-state index contributed by atoms with van der Waals surface area (Å²) >= 11 is 0. The first kappa shape index (κ1) is 28.1. The van der Waals surface area contributed by atoms with Gasteiger partial charge in [0.05, 0.1) is 25.3 Å². The van der Waals surface area contributed by atoms with Crippen LogP contribution in [0, 0.1) is 5.92 Å². The average Bonchev–Trinajstić information content (AvgIpc) is 2.94. The second kappa shape index (κ2) is 12.3. The van der Waals surface area contributed by atoms with Crippen molar-refractivity contribution in [2.45, 2.75) is 32.5 Å². The van der Waals surface area contributed by atoms with Crippen molar-refractivity contribution in [2.75, 3.05) is 33.9 Å². The van der Waals surface area contributed by atoms with Gasteiger partial charge >= 0.3 is 5.97 Å². The number of amides is 1. The predicted octanol–water partition coefficient (Wildman–Crippen LogP) is 3.81. The minimum atomic E-state index is -0.955. The van der Waals surface area contributed by atoms with Crippen molar-refractivity contribution in [3.8, 4) is 22.8 Å². The van der Waals surface area contributed by atoms with Gasteiger partial charge < -0.3 is 24.6 Å². The van der Waals surface area contributed by atoms with Gasteiger partial charge in [-0.1, -0.05) is 31.2 Å². The second-order valence-corrected chi connectivity index (χ2v) is 10.1. The summed E-state index contributed by atoms with van der Waals surface area (Å²) in [6, 6.07) is 15.8. The van der Waals surface area contributed by atoms with Crippen LogP contribution < -0.4 is 9.47 Å². The molecule has 1 aliphatic heterocycles. The molecule has 9 heteroatoms. The lowest BCUT2D eigenvalue weighted by Gasteiger charge is -2.37. The fourth-order valence-corrected chi connectivity index (χ4v) is 4.72. The quantitative estimate of drug-likeness (QED) is 0.427. The number of carboxylic acids is 1. The first-order valence-corrected chi connectivity index (χ1v) is 12.9. The molecule has 3 aromatic rings. The summed E-state index contributed by atoms with van der Waals surface area (Å²) < 4.78 is 11.8. The second-order valence-electron chi connectivity index (χ2n) is 10.1. The molecule has 0 spiro atoms. The molecule has 9 nitrogen and oxygen atoms in total. The number of likely N-dealkylation sites (N-methyl/N-ethyl adjacent to an activating group) is 1. The number of pyridine rings is 1. The number of methoxy groups -OCH3 is 1. The van der Waals surface area contributed by atoms with Gasteiger partial charge in [0, 0.05) is 37.3 Å². The maximum Gasteiger partial charge on any atom is 0.335 e. The van der Waals surface area contributed by atoms with Gasteiger partial charge in [-0.3, -0.25) is 9.69 Å². The highest BCUT2D eigenvalue weighted by atomic mass is 16.5. The Bertz CT molecular complexity index is 1310. The Morgan fingerprint density at radius 1 is 1.21 bits per heavy atom. The first-order valence-electron chi connectivity index (χ1n) is 12.9. The van der Waals surface area contributed by atoms with Crippen molar-refractivity contribution < 1.29 is 29.3 Å². The number of carbonyl (C=O) groups excluding carboxylic acids is 1. The molecule has 1 amide bonds. The highest BCUT2D eigenvalue weighted by Crippen LogP contribution is 2.31. The zero-order chi connectivity index (χ0) is 28.1. The number of nitrogens with zero attached hydrogens (tertiary/aromatic N) is 3. The molecule has 0 fully saturated rings. The smallest absolute Gasteiger partial charge is 0.335 e. The van der Waals surface area contributed by atoms with E-state index in [0.717, 1.165) is 16.7 Å². The minimum Gasteiger partial charge on any atom is -0.497 e. The Morgan fingerprint density at radius 3 is 2.62 bits per heavy atom. The number of hydrogen-bond acceptors (Lipinski definition) is 7. The summed E-state index contributed by atoms with van der Waals surface area (Å²) in [6.45, 7) is 5.26. The number of ether oxygens (including phenoxy) is 2. The zero-order valence-electron chi connectivity index (χ0n) is 22.7. The largest absolute Gasteiger partial charge is 0.497 e. The van der Waals surface area contributed by atoms with Crippen LogP contribution in [0.25, 0.3) is 11.1 Å². The lowest BCUT2D eigenvalue weighted by molar-refractivity contribution is 0.0325. The molecular weight excluding hydrogens is 498 g/mol. The van der Waals surface area contributed by atoms with Crippen LogP contribution in [0.4, 0.5) is 0 Å². The van der Waals surface area contributed by atoms with Crippen LogP contribution in [0.2, 0.25) is 0 Å². The standard InChI is InChI=1S/C30H35N3O6/c1-19-15-33(20(2)18-34)29(35)26-13-24(23-6-5-7-25(12-23)38-4)14-31-28(26)39-27(19)17-32(3)16-21-8-10-22(11-9-21)30(36)37/h5-14,19-20,27,34H,15-18H2,1-4H3,(H,36,37)/t19-,20-,27-/m1/s1. The van der Waals surface area contributed by atoms with Gasteiger partial charge in [0.15, 0.2) is 0 Å². The van der Waals surface area contributed by atoms with Crippen molar-refractivity contribution in [3.63, 3.8) is 0 Å². The van der Waals surface area contributed by atoms with E-state index in [1.54, 1.807) is 36.4 Å². The molecule has 2 N–H and O–H groups in total. The van der Waals surface area contributed by atoms with Gasteiger partial charge in [-0.05, 0) is 55.4 Å². The lowest BCUT2D eigenvalue weighted by atomic mass is 9.99. The molecule has 0 saturated heterocycles. The van der Waals surface area contributed by atoms with E-state index in [9.17, 15) is 14.7 Å². The van der Waals surface area contributed by atoms with Crippen LogP contribution >= 0.6 is 0 Å². The van der Waals surface area contributed by atoms with Gasteiger partial charge in [0.1, 0.15) is 17.4 Å². The van der Waals surface area contributed by atoms with E-state index in [0.29, 0.717) is 30.9 Å². The van der Waals surface area contributed by atoms with Crippen molar-refractivity contribution in [2.24, 2.45) is 5.92 Å². The maximum absolute atomic E-state index is 13.7. The van der Waals surface area contributed by atoms with Gasteiger partial charge in [0.2, 0.25) is 5.88 Å². The topological polar surface area (TPSA) is 112 Å². The molecule has 0 aliphatic carbocycles. The number of aliphatic hydroxyl groups excluding tert-OH is 1. The predicted molar refractivity (Wildman–Crippen MR) is 147 cm³/mol. The van der Waals surface area contributed by atoms with Crippen molar-refractivity contribution in [1.29, 1.82) is 0 Å². The Hall–Kier alpha value is -3.95. The molecule has 3 atom stereocenters. The summed E-state index contributed by atoms with van der Waals surface area (Å²) in [7, 11) is 3.58. The molecule has 0 saturated carbocycles. The van der Waals surface area contributed by atoms with Crippen LogP contribution in [0.5, 0.6) is 11.6 Å². The molecule has 1 aliphatic rings. The number of hydrogen-bond donors (Lipinski definition) is 2. The van der Waals surface area contributed by atoms with E-state index in [1.165, 1.54) is 0 Å². The minimum absolute atomic E-state index is 0.0483. The molecule has 39 heavy (non-hydrogen) atoms. The maximum atomic E-state index is 13.7. The molecule has 1 aromatic heterocycles. The van der Waals surface area contributed by atoms with Gasteiger partial charge in [-0.2, -0.15) is 0 Å². The van der Waals surface area contributed by atoms with E-state index in [1.807, 2.05) is 57.3 Å². The molecule has 2 aromatic carbocycles. The number of carbonyl (C=O) groups is 2. The summed E-state index contributed by atoms with van der Waals surface area (Å²) in [6.07, 6.45) is 1.40. The van der Waals surface area contributed by atoms with E-state index in [2.05, 4.69) is 9.88 Å². The Labute approximate surface area is 228 Å². The lowest BCUT2D eigenvalue weighted by Crippen LogP contribution is -2.49. The van der Waals surface area contributed by atoms with Gasteiger partial charge in [-0.25, -0.2) is 9.78 Å². The fourth-order valence-electron chi connectivity index (χ4n) is 4.72. The Kier molecular flexibility index (Phi) is 8.83. The third-order valence-electron chi connectivity index (χ3n) is 7.07. The molecule has 0 radical (unpaired) electrons. The number of carboxylic acid groups (broad SMARTS) is 1. The van der Waals surface area contributed by atoms with Crippen molar-refractivity contribution in [1.82, 2.24) is 14.8 Å². The molecule has 0 bridgehead atoms. The highest BCUT2D eigenvalue weighted by molar-refractivity contribution is 5.98. The van der Waals surface area contributed by atoms with Gasteiger partial charge in [0.25, 0.3) is 5.91 Å². The number of rotatable bonds is 9. The van der Waals surface area contributed by atoms with Crippen LogP contribution in [0.1, 0.15) is 40.1 Å². The summed E-state index contributed by atoms with van der Waals surface area (Å²) in [4.78, 5) is 33.2. The molecule has 2 heterocycles. The monoisotopic (exact) mass is 533 g/mol. The highest BCUT2D eigenvalue weighted by Gasteiger charge is 2.34. The number of aromatic nitrogens is 1. The number of benzene rings is 2. The Morgan fingerprint density at radius 2 is 1.95 bits per heavy atom. The Balaban J connectivity index is 1.62. The van der Waals surface area contributed by atoms with E-state index in [4.69, 9.17) is 14.6 Å². The van der Waals surface area contributed by atoms with Crippen LogP contribution in [-0.2, 0) is 6.54 Å². The molecule has 0 unspecified atom stereocenters. The number of fused-ring (bicyclic) bond motifs is 1. The van der Waals surface area contributed by atoms with Crippen molar-refractivity contribution >= 4 is 11.9 Å². The van der Waals surface area contributed by atoms with Gasteiger partial charge in [-0.15, -0.1) is 0 Å². The van der Waals surface area contributed by atoms with E-state index >= 15 is 0 Å². The van der Waals surface area contributed by atoms with E-state index in [-0.39, 0.29) is 42.0 Å². The summed E-state index contributed by atoms with van der Waals surface area (Å²) in [5.41, 5.74) is 3.19. The van der Waals surface area contributed by atoms with Crippen LogP contribution in [0.15, 0.2) is 60.8 Å².